The lowest BCUT2D eigenvalue weighted by molar-refractivity contribution is -0.113. The van der Waals surface area contributed by atoms with Crippen molar-refractivity contribution in [3.63, 3.8) is 0 Å². The van der Waals surface area contributed by atoms with E-state index in [0.717, 1.165) is 28.2 Å². The van der Waals surface area contributed by atoms with E-state index in [2.05, 4.69) is 26.1 Å². The zero-order chi connectivity index (χ0) is 22.6. The van der Waals surface area contributed by atoms with Crippen LogP contribution in [0, 0.1) is 6.92 Å². The molecule has 2 aliphatic rings. The van der Waals surface area contributed by atoms with Crippen molar-refractivity contribution in [2.45, 2.75) is 81.8 Å². The van der Waals surface area contributed by atoms with Crippen molar-refractivity contribution in [3.8, 4) is 5.69 Å². The lowest BCUT2D eigenvalue weighted by Gasteiger charge is -2.24. The molecule has 3 aromatic rings. The molecule has 2 aliphatic carbocycles. The number of amides is 1. The van der Waals surface area contributed by atoms with Crippen LogP contribution in [0.5, 0.6) is 0 Å². The number of nitrogens with zero attached hydrogens (tertiary/aromatic N) is 5. The molecule has 2 fully saturated rings. The fraction of sp³-hybridized carbons (Fsp3) is 0.520. The number of para-hydroxylation sites is 1. The lowest BCUT2D eigenvalue weighted by atomic mass is 9.95. The minimum Gasteiger partial charge on any atom is -0.310 e. The zero-order valence-electron chi connectivity index (χ0n) is 19.2. The molecule has 2 saturated carbocycles. The maximum atomic E-state index is 13.0. The number of anilines is 1. The summed E-state index contributed by atoms with van der Waals surface area (Å²) in [7, 11) is 0. The summed E-state index contributed by atoms with van der Waals surface area (Å²) in [6, 6.07) is 12.5. The Labute approximate surface area is 199 Å². The van der Waals surface area contributed by atoms with Gasteiger partial charge in [-0.25, -0.2) is 4.68 Å². The second-order valence-corrected chi connectivity index (χ2v) is 10.2. The third kappa shape index (κ3) is 5.00. The summed E-state index contributed by atoms with van der Waals surface area (Å²) in [5.74, 6) is 2.40. The molecule has 1 N–H and O–H groups in total. The largest absolute Gasteiger partial charge is 0.310 e. The number of carbonyl (C=O) groups is 1. The van der Waals surface area contributed by atoms with Gasteiger partial charge in [-0.2, -0.15) is 5.10 Å². The van der Waals surface area contributed by atoms with Crippen LogP contribution < -0.4 is 5.32 Å². The summed E-state index contributed by atoms with van der Waals surface area (Å²) >= 11 is 1.47. The van der Waals surface area contributed by atoms with Gasteiger partial charge in [0.1, 0.15) is 11.6 Å². The number of carbonyl (C=O) groups excluding carboxylic acids is 1. The number of aromatic nitrogens is 5. The van der Waals surface area contributed by atoms with Gasteiger partial charge < -0.3 is 9.88 Å². The number of hydrogen-bond donors (Lipinski definition) is 1. The molecule has 0 atom stereocenters. The molecule has 1 aromatic carbocycles. The van der Waals surface area contributed by atoms with E-state index in [1.807, 2.05) is 41.9 Å². The number of nitrogens with one attached hydrogen (secondary N) is 1. The average Bonchev–Trinajstić information content (AvgIpc) is 3.59. The maximum absolute atomic E-state index is 13.0. The highest BCUT2D eigenvalue weighted by Gasteiger charge is 2.24. The molecule has 7 nitrogen and oxygen atoms in total. The number of thioether (sulfide) groups is 1. The van der Waals surface area contributed by atoms with Crippen LogP contribution in [0.25, 0.3) is 5.69 Å². The first kappa shape index (κ1) is 22.2. The van der Waals surface area contributed by atoms with Crippen LogP contribution in [-0.2, 0) is 4.79 Å². The number of rotatable bonds is 7. The monoisotopic (exact) mass is 464 g/mol. The van der Waals surface area contributed by atoms with Crippen LogP contribution in [-0.4, -0.2) is 36.2 Å². The minimum absolute atomic E-state index is 0.0501. The number of benzene rings is 1. The van der Waals surface area contributed by atoms with Gasteiger partial charge in [0.25, 0.3) is 0 Å². The Balaban J connectivity index is 1.30. The summed E-state index contributed by atoms with van der Waals surface area (Å²) in [5, 5.41) is 17.5. The Hall–Kier alpha value is -2.61. The van der Waals surface area contributed by atoms with E-state index in [1.165, 1.54) is 69.5 Å². The highest BCUT2D eigenvalue weighted by atomic mass is 32.2. The molecule has 0 spiro atoms. The SMILES string of the molecule is Cc1nnc(SCC(=O)Nc2cc(C3CCCC3)nn2-c2ccccc2)n1C1CCCCC1. The third-order valence-corrected chi connectivity index (χ3v) is 7.82. The molecule has 1 amide bonds. The van der Waals surface area contributed by atoms with Crippen LogP contribution in [0.3, 0.4) is 0 Å². The van der Waals surface area contributed by atoms with E-state index in [9.17, 15) is 4.79 Å². The van der Waals surface area contributed by atoms with Crippen molar-refractivity contribution in [1.29, 1.82) is 0 Å². The van der Waals surface area contributed by atoms with Gasteiger partial charge in [-0.3, -0.25) is 4.79 Å². The fourth-order valence-electron chi connectivity index (χ4n) is 5.19. The van der Waals surface area contributed by atoms with E-state index in [1.54, 1.807) is 0 Å². The first-order valence-electron chi connectivity index (χ1n) is 12.2. The van der Waals surface area contributed by atoms with Gasteiger partial charge in [0.05, 0.1) is 17.1 Å². The molecular weight excluding hydrogens is 432 g/mol. The molecule has 0 radical (unpaired) electrons. The Bertz CT molecular complexity index is 1080. The molecule has 0 bridgehead atoms. The summed E-state index contributed by atoms with van der Waals surface area (Å²) < 4.78 is 4.11. The smallest absolute Gasteiger partial charge is 0.236 e. The van der Waals surface area contributed by atoms with Crippen LogP contribution in [0.1, 0.15) is 81.3 Å². The van der Waals surface area contributed by atoms with Gasteiger partial charge in [-0.1, -0.05) is 62.1 Å². The van der Waals surface area contributed by atoms with Crippen LogP contribution in [0.2, 0.25) is 0 Å². The summed E-state index contributed by atoms with van der Waals surface area (Å²) in [6.07, 6.45) is 11.0. The third-order valence-electron chi connectivity index (χ3n) is 6.88. The van der Waals surface area contributed by atoms with Crippen molar-refractivity contribution >= 4 is 23.5 Å². The van der Waals surface area contributed by atoms with Crippen LogP contribution in [0.4, 0.5) is 5.82 Å². The molecule has 5 rings (SSSR count). The standard InChI is InChI=1S/C25H32N6OS/c1-18-27-28-25(30(18)20-12-4-2-5-13-20)33-17-24(32)26-23-16-22(19-10-8-9-11-19)29-31(23)21-14-6-3-7-15-21/h3,6-7,14-16,19-20H,2,4-5,8-13,17H2,1H3,(H,26,32). The van der Waals surface area contributed by atoms with Crippen LogP contribution in [0.15, 0.2) is 41.6 Å². The van der Waals surface area contributed by atoms with Gasteiger partial charge in [-0.15, -0.1) is 10.2 Å². The highest BCUT2D eigenvalue weighted by molar-refractivity contribution is 7.99. The Morgan fingerprint density at radius 2 is 1.76 bits per heavy atom. The topological polar surface area (TPSA) is 77.6 Å². The van der Waals surface area contributed by atoms with Crippen molar-refractivity contribution in [2.24, 2.45) is 0 Å². The second kappa shape index (κ2) is 10.1. The number of hydrogen-bond acceptors (Lipinski definition) is 5. The van der Waals surface area contributed by atoms with Crippen molar-refractivity contribution in [1.82, 2.24) is 24.5 Å². The van der Waals surface area contributed by atoms with E-state index >= 15 is 0 Å². The van der Waals surface area contributed by atoms with Crippen molar-refractivity contribution < 1.29 is 4.79 Å². The molecule has 2 heterocycles. The lowest BCUT2D eigenvalue weighted by Crippen LogP contribution is -2.18. The number of aryl methyl sites for hydroxylation is 1. The fourth-order valence-corrected chi connectivity index (χ4v) is 6.04. The molecule has 33 heavy (non-hydrogen) atoms. The summed E-state index contributed by atoms with van der Waals surface area (Å²) in [6.45, 7) is 2.01. The molecule has 2 aromatic heterocycles. The van der Waals surface area contributed by atoms with E-state index < -0.39 is 0 Å². The Kier molecular flexibility index (Phi) is 6.80. The van der Waals surface area contributed by atoms with Crippen molar-refractivity contribution in [3.05, 3.63) is 47.9 Å². The Morgan fingerprint density at radius 3 is 2.52 bits per heavy atom. The molecule has 8 heteroatoms. The first-order valence-corrected chi connectivity index (χ1v) is 13.2. The Morgan fingerprint density at radius 1 is 1.03 bits per heavy atom. The minimum atomic E-state index is -0.0501. The predicted octanol–water partition coefficient (Wildman–Crippen LogP) is 5.67. The molecular formula is C25H32N6OS. The quantitative estimate of drug-likeness (QED) is 0.456. The zero-order valence-corrected chi connectivity index (χ0v) is 20.1. The van der Waals surface area contributed by atoms with Gasteiger partial charge in [-0.05, 0) is 44.7 Å². The first-order chi connectivity index (χ1) is 16.2. The summed E-state index contributed by atoms with van der Waals surface area (Å²) in [4.78, 5) is 13.0. The van der Waals surface area contributed by atoms with E-state index in [4.69, 9.17) is 5.10 Å². The normalized spacial score (nSPS) is 17.5. The molecule has 174 valence electrons. The van der Waals surface area contributed by atoms with Gasteiger partial charge >= 0.3 is 0 Å². The maximum Gasteiger partial charge on any atom is 0.236 e. The van der Waals surface area contributed by atoms with Gasteiger partial charge in [0.2, 0.25) is 5.91 Å². The van der Waals surface area contributed by atoms with Crippen LogP contribution >= 0.6 is 11.8 Å². The summed E-state index contributed by atoms with van der Waals surface area (Å²) in [5.41, 5.74) is 2.03. The average molecular weight is 465 g/mol. The predicted molar refractivity (Wildman–Crippen MR) is 131 cm³/mol. The molecule has 0 aliphatic heterocycles. The van der Waals surface area contributed by atoms with E-state index in [-0.39, 0.29) is 5.91 Å². The molecule has 0 unspecified atom stereocenters. The second-order valence-electron chi connectivity index (χ2n) is 9.21. The highest BCUT2D eigenvalue weighted by Crippen LogP contribution is 2.35. The van der Waals surface area contributed by atoms with Gasteiger partial charge in [0, 0.05) is 18.0 Å². The molecule has 0 saturated heterocycles. The van der Waals surface area contributed by atoms with E-state index in [0.29, 0.717) is 17.7 Å². The van der Waals surface area contributed by atoms with Crippen molar-refractivity contribution in [2.75, 3.05) is 11.1 Å². The van der Waals surface area contributed by atoms with Gasteiger partial charge in [0.15, 0.2) is 5.16 Å².